The summed E-state index contributed by atoms with van der Waals surface area (Å²) < 4.78 is 22.1. The molecule has 0 aromatic heterocycles. The maximum atomic E-state index is 12.1. The zero-order valence-electron chi connectivity index (χ0n) is 7.70. The molecule has 1 atom stereocenters. The summed E-state index contributed by atoms with van der Waals surface area (Å²) in [5.74, 6) is 0.683. The van der Waals surface area contributed by atoms with Gasteiger partial charge in [-0.1, -0.05) is 11.0 Å². The maximum Gasteiger partial charge on any atom is 0.349 e. The highest BCUT2D eigenvalue weighted by Crippen LogP contribution is 2.55. The first-order valence-corrected chi connectivity index (χ1v) is 8.92. The molecule has 0 aliphatic rings. The van der Waals surface area contributed by atoms with Gasteiger partial charge in [-0.15, -0.1) is 34.8 Å². The lowest BCUT2D eigenvalue weighted by Crippen LogP contribution is -2.11. The fourth-order valence-corrected chi connectivity index (χ4v) is 4.54. The van der Waals surface area contributed by atoms with Crippen molar-refractivity contribution in [3.05, 3.63) is 0 Å². The monoisotopic (exact) mass is 334 g/mol. The van der Waals surface area contributed by atoms with Crippen LogP contribution in [0.3, 0.4) is 0 Å². The van der Waals surface area contributed by atoms with Crippen LogP contribution in [0.2, 0.25) is 0 Å². The van der Waals surface area contributed by atoms with Gasteiger partial charge in [-0.2, -0.15) is 0 Å². The Morgan fingerprint density at radius 3 is 2.00 bits per heavy atom. The van der Waals surface area contributed by atoms with Crippen LogP contribution in [0.1, 0.15) is 0 Å². The first-order chi connectivity index (χ1) is 7.10. The van der Waals surface area contributed by atoms with Crippen molar-refractivity contribution in [2.75, 3.05) is 30.7 Å². The van der Waals surface area contributed by atoms with Crippen LogP contribution in [0.25, 0.3) is 0 Å². The van der Waals surface area contributed by atoms with E-state index in [4.69, 9.17) is 54.5 Å². The highest BCUT2D eigenvalue weighted by Gasteiger charge is 2.34. The Bertz CT molecular complexity index is 197. The lowest BCUT2D eigenvalue weighted by Gasteiger charge is -2.21. The second-order valence-corrected chi connectivity index (χ2v) is 7.31. The minimum Gasteiger partial charge on any atom is -0.306 e. The van der Waals surface area contributed by atoms with Gasteiger partial charge in [-0.3, -0.25) is 4.57 Å². The molecular formula is C6H11Cl4O3PS. The van der Waals surface area contributed by atoms with Gasteiger partial charge in [0.2, 0.25) is 0 Å². The van der Waals surface area contributed by atoms with Gasteiger partial charge in [0.05, 0.1) is 13.2 Å². The van der Waals surface area contributed by atoms with Gasteiger partial charge in [-0.05, 0) is 10.7 Å². The molecule has 0 saturated carbocycles. The van der Waals surface area contributed by atoms with E-state index in [1.54, 1.807) is 0 Å². The van der Waals surface area contributed by atoms with E-state index < -0.39 is 12.7 Å². The Kier molecular flexibility index (Phi) is 10.7. The highest BCUT2D eigenvalue weighted by molar-refractivity contribution is 8.21. The van der Waals surface area contributed by atoms with Crippen LogP contribution in [-0.2, 0) is 13.6 Å². The van der Waals surface area contributed by atoms with E-state index in [1.165, 1.54) is 0 Å². The Hall–Kier alpha value is 1.66. The van der Waals surface area contributed by atoms with Crippen LogP contribution in [0.5, 0.6) is 0 Å². The molecular weight excluding hydrogens is 325 g/mol. The average molecular weight is 336 g/mol. The molecule has 0 N–H and O–H groups in total. The number of hydrogen-bond donors (Lipinski definition) is 0. The van der Waals surface area contributed by atoms with Crippen molar-refractivity contribution >= 4 is 64.1 Å². The van der Waals surface area contributed by atoms with E-state index in [-0.39, 0.29) is 30.7 Å². The van der Waals surface area contributed by atoms with Crippen molar-refractivity contribution in [3.63, 3.8) is 0 Å². The SMILES string of the molecule is O=P(OCCCl)(OCCCl)C(Cl)CSCl. The predicted octanol–water partition coefficient (Wildman–Crippen LogP) is 4.14. The number of alkyl halides is 3. The molecule has 0 amide bonds. The Morgan fingerprint density at radius 2 is 1.67 bits per heavy atom. The maximum absolute atomic E-state index is 12.1. The van der Waals surface area contributed by atoms with Crippen LogP contribution < -0.4 is 0 Å². The molecule has 0 saturated heterocycles. The lowest BCUT2D eigenvalue weighted by molar-refractivity contribution is 0.221. The number of rotatable bonds is 9. The standard InChI is InChI=1S/C6H11Cl4O3PS/c7-1-3-12-14(11,13-4-2-8)6(9)5-15-10/h6H,1-5H2. The van der Waals surface area contributed by atoms with Crippen molar-refractivity contribution in [2.24, 2.45) is 0 Å². The summed E-state index contributed by atoms with van der Waals surface area (Å²) in [6.45, 7) is 0.217. The Balaban J connectivity index is 4.31. The third kappa shape index (κ3) is 6.85. The van der Waals surface area contributed by atoms with E-state index in [0.29, 0.717) is 0 Å². The number of halogens is 4. The summed E-state index contributed by atoms with van der Waals surface area (Å²) in [5.41, 5.74) is 0. The zero-order chi connectivity index (χ0) is 11.7. The van der Waals surface area contributed by atoms with Crippen molar-refractivity contribution in [3.8, 4) is 0 Å². The molecule has 0 aliphatic heterocycles. The average Bonchev–Trinajstić information content (AvgIpc) is 2.24. The van der Waals surface area contributed by atoms with Crippen molar-refractivity contribution in [2.45, 2.75) is 5.12 Å². The molecule has 3 nitrogen and oxygen atoms in total. The van der Waals surface area contributed by atoms with Gasteiger partial charge >= 0.3 is 7.60 Å². The second-order valence-electron chi connectivity index (χ2n) is 2.29. The number of hydrogen-bond acceptors (Lipinski definition) is 4. The molecule has 0 aromatic carbocycles. The third-order valence-corrected chi connectivity index (χ3v) is 5.64. The van der Waals surface area contributed by atoms with Crippen LogP contribution in [0.4, 0.5) is 0 Å². The van der Waals surface area contributed by atoms with Crippen LogP contribution in [-0.4, -0.2) is 35.8 Å². The van der Waals surface area contributed by atoms with E-state index in [9.17, 15) is 4.57 Å². The molecule has 0 fully saturated rings. The molecule has 0 heterocycles. The molecule has 9 heteroatoms. The van der Waals surface area contributed by atoms with E-state index in [1.807, 2.05) is 0 Å². The summed E-state index contributed by atoms with van der Waals surface area (Å²) in [7, 11) is 3.00. The van der Waals surface area contributed by atoms with Crippen LogP contribution in [0.15, 0.2) is 0 Å². The summed E-state index contributed by atoms with van der Waals surface area (Å²) in [5, 5.41) is -0.800. The lowest BCUT2D eigenvalue weighted by atomic mass is 10.9. The molecule has 0 aromatic rings. The van der Waals surface area contributed by atoms with E-state index >= 15 is 0 Å². The normalized spacial score (nSPS) is 14.1. The molecule has 0 rings (SSSR count). The van der Waals surface area contributed by atoms with Gasteiger partial charge in [0.1, 0.15) is 5.12 Å². The second kappa shape index (κ2) is 9.67. The zero-order valence-corrected chi connectivity index (χ0v) is 12.4. The quantitative estimate of drug-likeness (QED) is 0.468. The predicted molar refractivity (Wildman–Crippen MR) is 68.9 cm³/mol. The molecule has 0 bridgehead atoms. The van der Waals surface area contributed by atoms with Crippen molar-refractivity contribution < 1.29 is 13.6 Å². The van der Waals surface area contributed by atoms with Gasteiger partial charge in [-0.25, -0.2) is 0 Å². The fourth-order valence-electron chi connectivity index (χ4n) is 0.666. The molecule has 92 valence electrons. The van der Waals surface area contributed by atoms with E-state index in [0.717, 1.165) is 11.0 Å². The van der Waals surface area contributed by atoms with Crippen molar-refractivity contribution in [1.29, 1.82) is 0 Å². The summed E-state index contributed by atoms with van der Waals surface area (Å²) in [4.78, 5) is 0. The van der Waals surface area contributed by atoms with Gasteiger partial charge in [0.15, 0.2) is 0 Å². The highest BCUT2D eigenvalue weighted by atomic mass is 35.7. The molecule has 1 unspecified atom stereocenters. The smallest absolute Gasteiger partial charge is 0.306 e. The van der Waals surface area contributed by atoms with Crippen LogP contribution >= 0.6 is 64.1 Å². The van der Waals surface area contributed by atoms with Gasteiger partial charge in [0.25, 0.3) is 0 Å². The summed E-state index contributed by atoms with van der Waals surface area (Å²) >= 11 is 16.7. The minimum absolute atomic E-state index is 0.108. The molecule has 0 aliphatic carbocycles. The minimum atomic E-state index is -3.37. The first kappa shape index (κ1) is 16.7. The molecule has 0 spiro atoms. The summed E-state index contributed by atoms with van der Waals surface area (Å²) in [6.07, 6.45) is 0. The molecule has 15 heavy (non-hydrogen) atoms. The first-order valence-electron chi connectivity index (χ1n) is 3.99. The van der Waals surface area contributed by atoms with Crippen molar-refractivity contribution in [1.82, 2.24) is 0 Å². The Labute approximate surface area is 113 Å². The topological polar surface area (TPSA) is 35.5 Å². The molecule has 0 radical (unpaired) electrons. The van der Waals surface area contributed by atoms with Gasteiger partial charge in [0, 0.05) is 17.5 Å². The third-order valence-electron chi connectivity index (χ3n) is 1.24. The summed E-state index contributed by atoms with van der Waals surface area (Å²) in [6, 6.07) is 0. The largest absolute Gasteiger partial charge is 0.349 e. The van der Waals surface area contributed by atoms with Crippen LogP contribution in [0, 0.1) is 0 Å². The van der Waals surface area contributed by atoms with Gasteiger partial charge < -0.3 is 9.05 Å². The Morgan fingerprint density at radius 1 is 1.20 bits per heavy atom. The van der Waals surface area contributed by atoms with E-state index in [2.05, 4.69) is 0 Å². The fraction of sp³-hybridized carbons (Fsp3) is 1.00.